The molecule has 0 bridgehead atoms. The number of benzene rings is 2. The molecule has 0 fully saturated rings. The van der Waals surface area contributed by atoms with Gasteiger partial charge in [-0.1, -0.05) is 12.1 Å². The zero-order valence-corrected chi connectivity index (χ0v) is 12.6. The normalized spacial score (nSPS) is 10.1. The Hall–Kier alpha value is -1.89. The highest BCUT2D eigenvalue weighted by Crippen LogP contribution is 2.08. The van der Waals surface area contributed by atoms with Crippen molar-refractivity contribution in [1.29, 1.82) is 0 Å². The molecule has 1 amide bonds. The number of aromatic carboxylic acids is 1. The van der Waals surface area contributed by atoms with Crippen molar-refractivity contribution in [2.75, 3.05) is 0 Å². The van der Waals surface area contributed by atoms with E-state index in [-0.39, 0.29) is 11.5 Å². The highest BCUT2D eigenvalue weighted by molar-refractivity contribution is 14.1. The van der Waals surface area contributed by atoms with Crippen molar-refractivity contribution in [1.82, 2.24) is 5.32 Å². The lowest BCUT2D eigenvalue weighted by molar-refractivity contribution is 0.0696. The van der Waals surface area contributed by atoms with Crippen LogP contribution in [0.5, 0.6) is 0 Å². The SMILES string of the molecule is O=C(O)c1cccc(CNC(=O)c2ccc(I)cc2)c1. The fourth-order valence-electron chi connectivity index (χ4n) is 1.70. The van der Waals surface area contributed by atoms with Gasteiger partial charge in [-0.15, -0.1) is 0 Å². The Balaban J connectivity index is 2.01. The first-order valence-electron chi connectivity index (χ1n) is 5.92. The molecule has 2 aromatic rings. The van der Waals surface area contributed by atoms with E-state index in [1.54, 1.807) is 30.3 Å². The van der Waals surface area contributed by atoms with E-state index in [9.17, 15) is 9.59 Å². The van der Waals surface area contributed by atoms with Gasteiger partial charge >= 0.3 is 5.97 Å². The van der Waals surface area contributed by atoms with Gasteiger partial charge in [0.15, 0.2) is 0 Å². The van der Waals surface area contributed by atoms with Crippen molar-refractivity contribution in [2.24, 2.45) is 0 Å². The molecule has 2 aromatic carbocycles. The molecule has 0 heterocycles. The van der Waals surface area contributed by atoms with Crippen LogP contribution in [0.15, 0.2) is 48.5 Å². The maximum absolute atomic E-state index is 11.9. The van der Waals surface area contributed by atoms with Crippen LogP contribution < -0.4 is 5.32 Å². The van der Waals surface area contributed by atoms with E-state index in [0.29, 0.717) is 12.1 Å². The lowest BCUT2D eigenvalue weighted by Crippen LogP contribution is -2.22. The summed E-state index contributed by atoms with van der Waals surface area (Å²) in [5.74, 6) is -1.15. The van der Waals surface area contributed by atoms with Gasteiger partial charge in [0.25, 0.3) is 5.91 Å². The molecule has 2 rings (SSSR count). The molecular formula is C15H12INO3. The summed E-state index contributed by atoms with van der Waals surface area (Å²) < 4.78 is 1.06. The summed E-state index contributed by atoms with van der Waals surface area (Å²) in [6.45, 7) is 0.298. The van der Waals surface area contributed by atoms with E-state index in [0.717, 1.165) is 9.13 Å². The number of carboxylic acids is 1. The van der Waals surface area contributed by atoms with Crippen molar-refractivity contribution >= 4 is 34.5 Å². The Labute approximate surface area is 130 Å². The summed E-state index contributed by atoms with van der Waals surface area (Å²) in [6.07, 6.45) is 0. The first kappa shape index (κ1) is 14.5. The second kappa shape index (κ2) is 6.51. The van der Waals surface area contributed by atoms with E-state index in [4.69, 9.17) is 5.11 Å². The number of carboxylic acid groups (broad SMARTS) is 1. The average Bonchev–Trinajstić information content (AvgIpc) is 2.46. The molecule has 4 nitrogen and oxygen atoms in total. The predicted octanol–water partition coefficient (Wildman–Crippen LogP) is 2.92. The minimum absolute atomic E-state index is 0.179. The third kappa shape index (κ3) is 3.80. The lowest BCUT2D eigenvalue weighted by Gasteiger charge is -2.06. The second-order valence-electron chi connectivity index (χ2n) is 4.20. The van der Waals surface area contributed by atoms with E-state index >= 15 is 0 Å². The molecule has 0 aliphatic heterocycles. The highest BCUT2D eigenvalue weighted by atomic mass is 127. The minimum atomic E-state index is -0.976. The van der Waals surface area contributed by atoms with Gasteiger partial charge in [0, 0.05) is 15.7 Å². The standard InChI is InChI=1S/C15H12INO3/c16-13-6-4-11(5-7-13)14(18)17-9-10-2-1-3-12(8-10)15(19)20/h1-8H,9H2,(H,17,18)(H,19,20). The number of nitrogens with one attached hydrogen (secondary N) is 1. The van der Waals surface area contributed by atoms with Gasteiger partial charge in [0.05, 0.1) is 5.56 Å². The van der Waals surface area contributed by atoms with Gasteiger partial charge in [0.1, 0.15) is 0 Å². The third-order valence-corrected chi connectivity index (χ3v) is 3.45. The number of carbonyl (C=O) groups is 2. The zero-order valence-electron chi connectivity index (χ0n) is 10.5. The fraction of sp³-hybridized carbons (Fsp3) is 0.0667. The lowest BCUT2D eigenvalue weighted by atomic mass is 10.1. The number of amides is 1. The Morgan fingerprint density at radius 3 is 2.40 bits per heavy atom. The first-order valence-corrected chi connectivity index (χ1v) is 7.00. The van der Waals surface area contributed by atoms with Crippen molar-refractivity contribution in [3.05, 3.63) is 68.8 Å². The van der Waals surface area contributed by atoms with E-state index in [1.807, 2.05) is 12.1 Å². The Morgan fingerprint density at radius 2 is 1.75 bits per heavy atom. The molecule has 0 radical (unpaired) electrons. The maximum atomic E-state index is 11.9. The molecule has 0 aliphatic carbocycles. The van der Waals surface area contributed by atoms with Crippen LogP contribution in [-0.2, 0) is 6.54 Å². The topological polar surface area (TPSA) is 66.4 Å². The third-order valence-electron chi connectivity index (χ3n) is 2.73. The van der Waals surface area contributed by atoms with Crippen molar-refractivity contribution in [3.63, 3.8) is 0 Å². The first-order chi connectivity index (χ1) is 9.56. The zero-order chi connectivity index (χ0) is 14.5. The molecule has 2 N–H and O–H groups in total. The molecule has 5 heteroatoms. The Bertz CT molecular complexity index is 638. The summed E-state index contributed by atoms with van der Waals surface area (Å²) >= 11 is 2.17. The Kier molecular flexibility index (Phi) is 4.73. The molecule has 0 atom stereocenters. The van der Waals surface area contributed by atoms with E-state index in [1.165, 1.54) is 6.07 Å². The van der Waals surface area contributed by atoms with Crippen molar-refractivity contribution in [3.8, 4) is 0 Å². The predicted molar refractivity (Wildman–Crippen MR) is 83.7 cm³/mol. The van der Waals surface area contributed by atoms with Gasteiger partial charge in [-0.3, -0.25) is 4.79 Å². The summed E-state index contributed by atoms with van der Waals surface area (Å²) in [6, 6.07) is 13.7. The molecule has 0 aliphatic rings. The average molecular weight is 381 g/mol. The second-order valence-corrected chi connectivity index (χ2v) is 5.44. The van der Waals surface area contributed by atoms with Gasteiger partial charge < -0.3 is 10.4 Å². The Morgan fingerprint density at radius 1 is 1.05 bits per heavy atom. The highest BCUT2D eigenvalue weighted by Gasteiger charge is 2.06. The molecular weight excluding hydrogens is 369 g/mol. The van der Waals surface area contributed by atoms with Crippen LogP contribution >= 0.6 is 22.6 Å². The van der Waals surface area contributed by atoms with Crippen LogP contribution in [0.1, 0.15) is 26.3 Å². The van der Waals surface area contributed by atoms with Gasteiger partial charge in [-0.25, -0.2) is 4.79 Å². The number of carbonyl (C=O) groups excluding carboxylic acids is 1. The van der Waals surface area contributed by atoms with Crippen molar-refractivity contribution in [2.45, 2.75) is 6.54 Å². The molecule has 0 saturated heterocycles. The van der Waals surface area contributed by atoms with E-state index in [2.05, 4.69) is 27.9 Å². The molecule has 0 saturated carbocycles. The maximum Gasteiger partial charge on any atom is 0.335 e. The van der Waals surface area contributed by atoms with Crippen LogP contribution in [-0.4, -0.2) is 17.0 Å². The van der Waals surface area contributed by atoms with Crippen LogP contribution in [0.25, 0.3) is 0 Å². The van der Waals surface area contributed by atoms with E-state index < -0.39 is 5.97 Å². The molecule has 0 unspecified atom stereocenters. The fourth-order valence-corrected chi connectivity index (χ4v) is 2.06. The largest absolute Gasteiger partial charge is 0.478 e. The molecule has 0 spiro atoms. The van der Waals surface area contributed by atoms with Crippen LogP contribution in [0, 0.1) is 3.57 Å². The molecule has 20 heavy (non-hydrogen) atoms. The smallest absolute Gasteiger partial charge is 0.335 e. The number of hydrogen-bond acceptors (Lipinski definition) is 2. The van der Waals surface area contributed by atoms with Gasteiger partial charge in [-0.05, 0) is 64.6 Å². The molecule has 0 aromatic heterocycles. The quantitative estimate of drug-likeness (QED) is 0.801. The summed E-state index contributed by atoms with van der Waals surface area (Å²) in [4.78, 5) is 22.8. The summed E-state index contributed by atoms with van der Waals surface area (Å²) in [5.41, 5.74) is 1.55. The minimum Gasteiger partial charge on any atom is -0.478 e. The summed E-state index contributed by atoms with van der Waals surface area (Å²) in [7, 11) is 0. The van der Waals surface area contributed by atoms with Gasteiger partial charge in [0.2, 0.25) is 0 Å². The van der Waals surface area contributed by atoms with Gasteiger partial charge in [-0.2, -0.15) is 0 Å². The van der Waals surface area contributed by atoms with Crippen molar-refractivity contribution < 1.29 is 14.7 Å². The van der Waals surface area contributed by atoms with Crippen LogP contribution in [0.4, 0.5) is 0 Å². The summed E-state index contributed by atoms with van der Waals surface area (Å²) in [5, 5.41) is 11.7. The molecule has 102 valence electrons. The monoisotopic (exact) mass is 381 g/mol. The number of rotatable bonds is 4. The van der Waals surface area contributed by atoms with Crippen LogP contribution in [0.2, 0.25) is 0 Å². The number of hydrogen-bond donors (Lipinski definition) is 2. The van der Waals surface area contributed by atoms with Crippen LogP contribution in [0.3, 0.4) is 0 Å². The number of halogens is 1.